The number of hydrogen-bond donors (Lipinski definition) is 0. The van der Waals surface area contributed by atoms with Crippen molar-refractivity contribution in [2.24, 2.45) is 0 Å². The van der Waals surface area contributed by atoms with E-state index in [1.807, 2.05) is 12.1 Å². The largest absolute Gasteiger partial charge is 0.498 e. The van der Waals surface area contributed by atoms with Crippen molar-refractivity contribution < 1.29 is 33.2 Å². The molecule has 8 nitrogen and oxygen atoms in total. The fraction of sp³-hybridized carbons (Fsp3) is 0.429. The van der Waals surface area contributed by atoms with E-state index < -0.39 is 0 Å². The number of fused-ring (bicyclic) bond motifs is 5. The molecule has 1 unspecified atom stereocenters. The summed E-state index contributed by atoms with van der Waals surface area (Å²) in [7, 11) is 6.64. The molecule has 0 saturated carbocycles. The van der Waals surface area contributed by atoms with Gasteiger partial charge >= 0.3 is 0 Å². The molecule has 0 N–H and O–H groups in total. The zero-order chi connectivity index (χ0) is 29.9. The van der Waals surface area contributed by atoms with E-state index in [-0.39, 0.29) is 12.9 Å². The van der Waals surface area contributed by atoms with Crippen LogP contribution in [0.3, 0.4) is 0 Å². The molecule has 228 valence electrons. The van der Waals surface area contributed by atoms with Crippen LogP contribution in [0.1, 0.15) is 49.3 Å². The molecule has 0 spiro atoms. The van der Waals surface area contributed by atoms with E-state index >= 15 is 0 Å². The lowest BCUT2D eigenvalue weighted by molar-refractivity contribution is 0.0581. The standard InChI is InChI=1S/C35H41NO7/c1-6-7-8-9-14-41-34-27-20-36-13-12-23-18-29-30(43-21-42-29)19-25(23)33(36)26(24(27)10-11-28(34)37-2)15-22-16-31(38-3)35(40-5)32(17-22)39-4/h10-11,16-20,34H,6-9,12-15,21H2,1-5H3. The second-order valence-electron chi connectivity index (χ2n) is 11.1. The van der Waals surface area contributed by atoms with Gasteiger partial charge in [0.1, 0.15) is 11.9 Å². The molecule has 0 aromatic heterocycles. The maximum Gasteiger partial charge on any atom is 0.231 e. The van der Waals surface area contributed by atoms with Crippen molar-refractivity contribution in [2.75, 3.05) is 48.4 Å². The summed E-state index contributed by atoms with van der Waals surface area (Å²) in [6, 6.07) is 8.33. The van der Waals surface area contributed by atoms with E-state index in [1.54, 1.807) is 28.4 Å². The third-order valence-electron chi connectivity index (χ3n) is 8.56. The number of nitrogens with zero attached hydrogens (tertiary/aromatic N) is 1. The summed E-state index contributed by atoms with van der Waals surface area (Å²) in [5.74, 6) is 4.25. The number of methoxy groups -OCH3 is 4. The van der Waals surface area contributed by atoms with Crippen LogP contribution in [0.4, 0.5) is 0 Å². The average Bonchev–Trinajstić information content (AvgIpc) is 3.50. The van der Waals surface area contributed by atoms with Crippen molar-refractivity contribution >= 4 is 5.70 Å². The highest BCUT2D eigenvalue weighted by atomic mass is 16.7. The summed E-state index contributed by atoms with van der Waals surface area (Å²) in [5, 5.41) is 0. The molecular weight excluding hydrogens is 546 g/mol. The lowest BCUT2D eigenvalue weighted by Crippen LogP contribution is -2.34. The molecule has 2 aromatic carbocycles. The van der Waals surface area contributed by atoms with Crippen molar-refractivity contribution in [3.63, 3.8) is 0 Å². The van der Waals surface area contributed by atoms with Gasteiger partial charge in [-0.1, -0.05) is 32.3 Å². The Morgan fingerprint density at radius 3 is 2.33 bits per heavy atom. The van der Waals surface area contributed by atoms with Crippen LogP contribution in [0.5, 0.6) is 28.7 Å². The minimum Gasteiger partial charge on any atom is -0.498 e. The summed E-state index contributed by atoms with van der Waals surface area (Å²) < 4.78 is 41.0. The molecule has 0 radical (unpaired) electrons. The van der Waals surface area contributed by atoms with Crippen LogP contribution in [0.15, 0.2) is 65.1 Å². The molecule has 1 atom stereocenters. The van der Waals surface area contributed by atoms with Gasteiger partial charge in [0.25, 0.3) is 0 Å². The van der Waals surface area contributed by atoms with Crippen molar-refractivity contribution in [1.82, 2.24) is 4.90 Å². The lowest BCUT2D eigenvalue weighted by atomic mass is 9.79. The van der Waals surface area contributed by atoms with Crippen LogP contribution in [-0.2, 0) is 22.3 Å². The van der Waals surface area contributed by atoms with Gasteiger partial charge in [-0.05, 0) is 65.5 Å². The summed E-state index contributed by atoms with van der Waals surface area (Å²) >= 11 is 0. The number of hydrogen-bond acceptors (Lipinski definition) is 8. The summed E-state index contributed by atoms with van der Waals surface area (Å²) in [6.07, 6.45) is 12.3. The van der Waals surface area contributed by atoms with E-state index in [4.69, 9.17) is 33.2 Å². The van der Waals surface area contributed by atoms with Crippen LogP contribution in [-0.4, -0.2) is 59.4 Å². The van der Waals surface area contributed by atoms with Crippen LogP contribution < -0.4 is 23.7 Å². The normalized spacial score (nSPS) is 18.2. The van der Waals surface area contributed by atoms with Crippen molar-refractivity contribution in [1.29, 1.82) is 0 Å². The Bertz CT molecular complexity index is 1480. The predicted molar refractivity (Wildman–Crippen MR) is 165 cm³/mol. The molecule has 8 heteroatoms. The van der Waals surface area contributed by atoms with Gasteiger partial charge in [-0.2, -0.15) is 0 Å². The summed E-state index contributed by atoms with van der Waals surface area (Å²) in [4.78, 5) is 2.37. The van der Waals surface area contributed by atoms with Crippen molar-refractivity contribution in [3.8, 4) is 28.7 Å². The van der Waals surface area contributed by atoms with Gasteiger partial charge < -0.3 is 38.1 Å². The van der Waals surface area contributed by atoms with Crippen LogP contribution in [0.25, 0.3) is 5.70 Å². The zero-order valence-corrected chi connectivity index (χ0v) is 25.8. The highest BCUT2D eigenvalue weighted by Crippen LogP contribution is 2.48. The SMILES string of the molecule is CCCCCCOC1C(OC)=CC=C2C1=CN1CCc3cc4c(cc3C1=C2Cc1cc(OC)c(OC)c(OC)c1)OCO4. The van der Waals surface area contributed by atoms with Gasteiger partial charge in [-0.3, -0.25) is 0 Å². The van der Waals surface area contributed by atoms with Crippen LogP contribution in [0, 0.1) is 0 Å². The molecule has 0 fully saturated rings. The minimum atomic E-state index is -0.277. The molecule has 0 saturated heterocycles. The fourth-order valence-electron chi connectivity index (χ4n) is 6.43. The third-order valence-corrected chi connectivity index (χ3v) is 8.56. The quantitative estimate of drug-likeness (QED) is 0.258. The van der Waals surface area contributed by atoms with Gasteiger partial charge in [-0.15, -0.1) is 0 Å². The number of benzene rings is 2. The van der Waals surface area contributed by atoms with Gasteiger partial charge in [0.15, 0.2) is 23.0 Å². The Kier molecular flexibility index (Phi) is 8.56. The molecule has 3 aliphatic heterocycles. The monoisotopic (exact) mass is 587 g/mol. The molecule has 3 heterocycles. The third kappa shape index (κ3) is 5.44. The summed E-state index contributed by atoms with van der Waals surface area (Å²) in [5.41, 5.74) is 8.08. The van der Waals surface area contributed by atoms with E-state index in [0.29, 0.717) is 30.3 Å². The summed E-state index contributed by atoms with van der Waals surface area (Å²) in [6.45, 7) is 3.99. The number of rotatable bonds is 12. The van der Waals surface area contributed by atoms with E-state index in [0.717, 1.165) is 65.3 Å². The first-order chi connectivity index (χ1) is 21.1. The first-order valence-corrected chi connectivity index (χ1v) is 15.1. The van der Waals surface area contributed by atoms with Gasteiger partial charge in [0.05, 0.1) is 34.1 Å². The molecule has 1 aliphatic carbocycles. The maximum absolute atomic E-state index is 6.57. The molecule has 43 heavy (non-hydrogen) atoms. The van der Waals surface area contributed by atoms with Crippen molar-refractivity contribution in [3.05, 3.63) is 81.8 Å². The predicted octanol–water partition coefficient (Wildman–Crippen LogP) is 6.59. The first kappa shape index (κ1) is 29.1. The van der Waals surface area contributed by atoms with E-state index in [2.05, 4.69) is 42.3 Å². The Hall–Kier alpha value is -4.04. The van der Waals surface area contributed by atoms with Gasteiger partial charge in [0.2, 0.25) is 12.5 Å². The number of allylic oxidation sites excluding steroid dienone is 3. The smallest absolute Gasteiger partial charge is 0.231 e. The van der Waals surface area contributed by atoms with E-state index in [1.165, 1.54) is 29.7 Å². The average molecular weight is 588 g/mol. The topological polar surface area (TPSA) is 67.9 Å². The molecule has 4 aliphatic rings. The maximum atomic E-state index is 6.57. The van der Waals surface area contributed by atoms with Crippen molar-refractivity contribution in [2.45, 2.75) is 51.6 Å². The Morgan fingerprint density at radius 2 is 1.63 bits per heavy atom. The van der Waals surface area contributed by atoms with Crippen LogP contribution in [0.2, 0.25) is 0 Å². The highest BCUT2D eigenvalue weighted by molar-refractivity contribution is 5.82. The second kappa shape index (κ2) is 12.7. The Labute approximate surface area is 254 Å². The lowest BCUT2D eigenvalue weighted by Gasteiger charge is -2.40. The second-order valence-corrected chi connectivity index (χ2v) is 11.1. The molecular formula is C35H41NO7. The molecule has 6 rings (SSSR count). The zero-order valence-electron chi connectivity index (χ0n) is 25.8. The minimum absolute atomic E-state index is 0.246. The molecule has 0 bridgehead atoms. The van der Waals surface area contributed by atoms with E-state index in [9.17, 15) is 0 Å². The molecule has 2 aromatic rings. The fourth-order valence-corrected chi connectivity index (χ4v) is 6.43. The Morgan fingerprint density at radius 1 is 0.860 bits per heavy atom. The first-order valence-electron chi connectivity index (χ1n) is 15.1. The van der Waals surface area contributed by atoms with Gasteiger partial charge in [-0.25, -0.2) is 0 Å². The highest BCUT2D eigenvalue weighted by Gasteiger charge is 2.37. The Balaban J connectivity index is 1.47. The number of ether oxygens (including phenoxy) is 7. The number of unbranched alkanes of at least 4 members (excludes halogenated alkanes) is 3. The molecule has 0 amide bonds. The van der Waals surface area contributed by atoms with Crippen LogP contribution >= 0.6 is 0 Å². The van der Waals surface area contributed by atoms with Gasteiger partial charge in [0, 0.05) is 36.9 Å².